The van der Waals surface area contributed by atoms with E-state index in [9.17, 15) is 4.79 Å². The first-order chi connectivity index (χ1) is 6.74. The Kier molecular flexibility index (Phi) is 5.70. The molecule has 0 bridgehead atoms. The van der Waals surface area contributed by atoms with Gasteiger partial charge in [0.2, 0.25) is 0 Å². The molecule has 0 saturated carbocycles. The fraction of sp³-hybridized carbons (Fsp3) is 0.909. The molecule has 0 N–H and O–H groups in total. The van der Waals surface area contributed by atoms with E-state index in [0.717, 1.165) is 6.29 Å². The summed E-state index contributed by atoms with van der Waals surface area (Å²) in [5.41, 5.74) is 0. The van der Waals surface area contributed by atoms with Crippen LogP contribution < -0.4 is 0 Å². The number of aldehydes is 1. The lowest BCUT2D eigenvalue weighted by Gasteiger charge is -2.37. The molecule has 0 aromatic heterocycles. The van der Waals surface area contributed by atoms with Crippen LogP contribution in [0.5, 0.6) is 0 Å². The van der Waals surface area contributed by atoms with Gasteiger partial charge in [0, 0.05) is 13.5 Å². The second kappa shape index (κ2) is 5.77. The predicted octanol–water partition coefficient (Wildman–Crippen LogP) is 2.61. The summed E-state index contributed by atoms with van der Waals surface area (Å²) in [6.45, 7) is 11.5. The molecule has 0 heterocycles. The first kappa shape index (κ1) is 14.8. The van der Waals surface area contributed by atoms with Gasteiger partial charge in [-0.2, -0.15) is 0 Å². The van der Waals surface area contributed by atoms with Gasteiger partial charge in [-0.15, -0.1) is 0 Å². The third kappa shape index (κ3) is 4.91. The van der Waals surface area contributed by atoms with Crippen LogP contribution in [0.4, 0.5) is 0 Å². The molecule has 0 aromatic carbocycles. The van der Waals surface area contributed by atoms with E-state index in [1.807, 2.05) is 0 Å². The molecule has 0 aliphatic heterocycles. The molecule has 0 aliphatic rings. The van der Waals surface area contributed by atoms with Crippen LogP contribution in [0.3, 0.4) is 0 Å². The Hall–Kier alpha value is -0.193. The third-order valence-electron chi connectivity index (χ3n) is 3.13. The van der Waals surface area contributed by atoms with Crippen molar-refractivity contribution in [2.75, 3.05) is 13.7 Å². The molecule has 15 heavy (non-hydrogen) atoms. The highest BCUT2D eigenvalue weighted by Crippen LogP contribution is 2.36. The molecule has 0 aliphatic carbocycles. The van der Waals surface area contributed by atoms with Gasteiger partial charge < -0.3 is 14.0 Å². The Morgan fingerprint density at radius 1 is 1.33 bits per heavy atom. The Morgan fingerprint density at radius 2 is 1.87 bits per heavy atom. The third-order valence-corrected chi connectivity index (χ3v) is 7.63. The highest BCUT2D eigenvalue weighted by atomic mass is 28.4. The zero-order valence-corrected chi connectivity index (χ0v) is 11.8. The minimum atomic E-state index is -1.71. The number of hydrogen-bond acceptors (Lipinski definition) is 3. The first-order valence-electron chi connectivity index (χ1n) is 5.35. The van der Waals surface area contributed by atoms with Crippen molar-refractivity contribution in [2.45, 2.75) is 51.4 Å². The van der Waals surface area contributed by atoms with E-state index >= 15 is 0 Å². The quantitative estimate of drug-likeness (QED) is 0.521. The zero-order valence-electron chi connectivity index (χ0n) is 10.8. The van der Waals surface area contributed by atoms with E-state index in [1.165, 1.54) is 0 Å². The summed E-state index contributed by atoms with van der Waals surface area (Å²) < 4.78 is 11.1. The number of rotatable bonds is 6. The molecule has 0 aromatic rings. The van der Waals surface area contributed by atoms with Crippen molar-refractivity contribution in [2.24, 2.45) is 0 Å². The van der Waals surface area contributed by atoms with Crippen molar-refractivity contribution >= 4 is 14.6 Å². The second-order valence-corrected chi connectivity index (χ2v) is 10.1. The van der Waals surface area contributed by atoms with E-state index < -0.39 is 8.32 Å². The number of methoxy groups -OCH3 is 1. The van der Waals surface area contributed by atoms with Crippen LogP contribution in [-0.4, -0.2) is 34.4 Å². The van der Waals surface area contributed by atoms with E-state index in [-0.39, 0.29) is 11.1 Å². The molecule has 0 fully saturated rings. The Balaban J connectivity index is 4.18. The van der Waals surface area contributed by atoms with E-state index in [4.69, 9.17) is 9.16 Å². The van der Waals surface area contributed by atoms with Crippen molar-refractivity contribution < 1.29 is 14.0 Å². The summed E-state index contributed by atoms with van der Waals surface area (Å²) in [7, 11) is -0.0946. The molecule has 1 atom stereocenters. The molecule has 0 spiro atoms. The maximum atomic E-state index is 10.4. The van der Waals surface area contributed by atoms with E-state index in [0.29, 0.717) is 13.0 Å². The lowest BCUT2D eigenvalue weighted by molar-refractivity contribution is -0.110. The summed E-state index contributed by atoms with van der Waals surface area (Å²) in [5.74, 6) is 0. The monoisotopic (exact) mass is 232 g/mol. The van der Waals surface area contributed by atoms with Gasteiger partial charge in [0.05, 0.1) is 12.7 Å². The fourth-order valence-electron chi connectivity index (χ4n) is 0.857. The number of carbonyl (C=O) groups is 1. The summed E-state index contributed by atoms with van der Waals surface area (Å²) in [6.07, 6.45) is 1.19. The lowest BCUT2D eigenvalue weighted by Crippen LogP contribution is -2.42. The van der Waals surface area contributed by atoms with Crippen molar-refractivity contribution in [3.8, 4) is 0 Å². The van der Waals surface area contributed by atoms with Crippen molar-refractivity contribution in [3.05, 3.63) is 0 Å². The number of hydrogen-bond donors (Lipinski definition) is 0. The molecular formula is C11H24O3Si. The molecule has 0 radical (unpaired) electrons. The molecule has 4 heteroatoms. The van der Waals surface area contributed by atoms with Gasteiger partial charge in [-0.3, -0.25) is 0 Å². The summed E-state index contributed by atoms with van der Waals surface area (Å²) in [5, 5.41) is 0.201. The Bertz CT molecular complexity index is 196. The molecule has 0 rings (SSSR count). The maximum Gasteiger partial charge on any atom is 0.192 e. The fourth-order valence-corrected chi connectivity index (χ4v) is 1.89. The largest absolute Gasteiger partial charge is 0.414 e. The van der Waals surface area contributed by atoms with Crippen molar-refractivity contribution in [1.29, 1.82) is 0 Å². The highest BCUT2D eigenvalue weighted by molar-refractivity contribution is 6.74. The van der Waals surface area contributed by atoms with Crippen LogP contribution in [0.2, 0.25) is 18.1 Å². The van der Waals surface area contributed by atoms with Crippen LogP contribution in [0, 0.1) is 0 Å². The molecule has 0 amide bonds. The number of carbonyl (C=O) groups excluding carboxylic acids is 1. The second-order valence-electron chi connectivity index (χ2n) is 5.33. The highest BCUT2D eigenvalue weighted by Gasteiger charge is 2.37. The summed E-state index contributed by atoms with van der Waals surface area (Å²) in [4.78, 5) is 10.4. The minimum Gasteiger partial charge on any atom is -0.414 e. The van der Waals surface area contributed by atoms with Gasteiger partial charge in [-0.05, 0) is 18.1 Å². The van der Waals surface area contributed by atoms with Crippen LogP contribution in [0.1, 0.15) is 27.2 Å². The van der Waals surface area contributed by atoms with Crippen molar-refractivity contribution in [1.82, 2.24) is 0 Å². The van der Waals surface area contributed by atoms with Crippen LogP contribution in [0.25, 0.3) is 0 Å². The average Bonchev–Trinajstić information content (AvgIpc) is 2.10. The SMILES string of the molecule is CO[C@H](CC=O)CO[Si](C)(C)C(C)(C)C. The number of ether oxygens (including phenoxy) is 1. The van der Waals surface area contributed by atoms with Crippen LogP contribution in [0.15, 0.2) is 0 Å². The molecule has 3 nitrogen and oxygen atoms in total. The van der Waals surface area contributed by atoms with Gasteiger partial charge in [0.25, 0.3) is 0 Å². The van der Waals surface area contributed by atoms with Crippen LogP contribution in [-0.2, 0) is 14.0 Å². The summed E-state index contributed by atoms with van der Waals surface area (Å²) >= 11 is 0. The Morgan fingerprint density at radius 3 is 2.20 bits per heavy atom. The average molecular weight is 232 g/mol. The Labute approximate surface area is 94.3 Å². The molecular weight excluding hydrogens is 208 g/mol. The summed E-state index contributed by atoms with van der Waals surface area (Å²) in [6, 6.07) is 0. The minimum absolute atomic E-state index is 0.100. The molecule has 90 valence electrons. The van der Waals surface area contributed by atoms with E-state index in [1.54, 1.807) is 7.11 Å². The zero-order chi connectivity index (χ0) is 12.1. The first-order valence-corrected chi connectivity index (χ1v) is 8.26. The van der Waals surface area contributed by atoms with Gasteiger partial charge >= 0.3 is 0 Å². The van der Waals surface area contributed by atoms with Crippen LogP contribution >= 0.6 is 0 Å². The van der Waals surface area contributed by atoms with Gasteiger partial charge in [-0.25, -0.2) is 0 Å². The molecule has 0 unspecified atom stereocenters. The van der Waals surface area contributed by atoms with Crippen molar-refractivity contribution in [3.63, 3.8) is 0 Å². The van der Waals surface area contributed by atoms with E-state index in [2.05, 4.69) is 33.9 Å². The normalized spacial score (nSPS) is 15.1. The standard InChI is InChI=1S/C11H24O3Si/c1-11(2,3)15(5,6)14-9-10(13-4)7-8-12/h8,10H,7,9H2,1-6H3/t10-/m1/s1. The lowest BCUT2D eigenvalue weighted by atomic mass is 10.2. The topological polar surface area (TPSA) is 35.5 Å². The molecule has 0 saturated heterocycles. The smallest absolute Gasteiger partial charge is 0.192 e. The van der Waals surface area contributed by atoms with Gasteiger partial charge in [0.15, 0.2) is 8.32 Å². The van der Waals surface area contributed by atoms with Gasteiger partial charge in [0.1, 0.15) is 6.29 Å². The maximum absolute atomic E-state index is 10.4. The predicted molar refractivity (Wildman–Crippen MR) is 64.6 cm³/mol. The van der Waals surface area contributed by atoms with Gasteiger partial charge in [-0.1, -0.05) is 20.8 Å².